The number of allylic oxidation sites excluding steroid dienone is 3. The van der Waals surface area contributed by atoms with Gasteiger partial charge >= 0.3 is 0 Å². The molecule has 0 radical (unpaired) electrons. The summed E-state index contributed by atoms with van der Waals surface area (Å²) in [6, 6.07) is 12.2. The van der Waals surface area contributed by atoms with Gasteiger partial charge in [0.2, 0.25) is 0 Å². The molecule has 3 rings (SSSR count). The molecule has 0 spiro atoms. The fourth-order valence-corrected chi connectivity index (χ4v) is 2.21. The number of hydrogen-bond donors (Lipinski definition) is 0. The van der Waals surface area contributed by atoms with Crippen LogP contribution in [0.4, 0.5) is 0 Å². The van der Waals surface area contributed by atoms with Gasteiger partial charge in [0.25, 0.3) is 0 Å². The Hall–Kier alpha value is -2.42. The molecule has 3 nitrogen and oxygen atoms in total. The van der Waals surface area contributed by atoms with Crippen LogP contribution >= 0.6 is 0 Å². The molecule has 0 saturated heterocycles. The van der Waals surface area contributed by atoms with Crippen molar-refractivity contribution in [1.29, 1.82) is 0 Å². The van der Waals surface area contributed by atoms with E-state index in [1.807, 2.05) is 36.3 Å². The first-order valence-corrected chi connectivity index (χ1v) is 6.83. The van der Waals surface area contributed by atoms with Crippen LogP contribution in [0.15, 0.2) is 65.4 Å². The highest BCUT2D eigenvalue weighted by atomic mass is 15.4. The van der Waals surface area contributed by atoms with Crippen molar-refractivity contribution in [3.63, 3.8) is 0 Å². The summed E-state index contributed by atoms with van der Waals surface area (Å²) in [6.07, 6.45) is 10.5. The van der Waals surface area contributed by atoms with Crippen LogP contribution in [0.2, 0.25) is 0 Å². The maximum absolute atomic E-state index is 4.58. The summed E-state index contributed by atoms with van der Waals surface area (Å²) >= 11 is 0. The SMILES string of the molecule is CN(/N=C/c1ccc2ccccc2n1)C1=CCCC=C1. The predicted molar refractivity (Wildman–Crippen MR) is 83.6 cm³/mol. The molecule has 0 aliphatic heterocycles. The third-order valence-electron chi connectivity index (χ3n) is 3.33. The van der Waals surface area contributed by atoms with E-state index in [0.717, 1.165) is 35.1 Å². The smallest absolute Gasteiger partial charge is 0.0838 e. The summed E-state index contributed by atoms with van der Waals surface area (Å²) in [5, 5.41) is 7.48. The quantitative estimate of drug-likeness (QED) is 0.623. The van der Waals surface area contributed by atoms with Crippen molar-refractivity contribution in [2.75, 3.05) is 7.05 Å². The van der Waals surface area contributed by atoms with Gasteiger partial charge in [-0.05, 0) is 31.1 Å². The van der Waals surface area contributed by atoms with Crippen molar-refractivity contribution in [3.8, 4) is 0 Å². The minimum Gasteiger partial charge on any atom is -0.269 e. The molecule has 2 aromatic rings. The fourth-order valence-electron chi connectivity index (χ4n) is 2.21. The average Bonchev–Trinajstić information content (AvgIpc) is 2.53. The maximum atomic E-state index is 4.58. The zero-order valence-electron chi connectivity index (χ0n) is 11.5. The Bertz CT molecular complexity index is 698. The van der Waals surface area contributed by atoms with Crippen LogP contribution in [-0.2, 0) is 0 Å². The third-order valence-corrected chi connectivity index (χ3v) is 3.33. The Morgan fingerprint density at radius 1 is 1.15 bits per heavy atom. The van der Waals surface area contributed by atoms with Gasteiger partial charge in [-0.3, -0.25) is 5.01 Å². The van der Waals surface area contributed by atoms with E-state index in [2.05, 4.69) is 40.4 Å². The van der Waals surface area contributed by atoms with Crippen molar-refractivity contribution in [2.45, 2.75) is 12.8 Å². The number of rotatable bonds is 3. The molecule has 1 aliphatic rings. The number of pyridine rings is 1. The second-order valence-electron chi connectivity index (χ2n) is 4.81. The lowest BCUT2D eigenvalue weighted by Gasteiger charge is -2.16. The molecule has 1 aliphatic carbocycles. The van der Waals surface area contributed by atoms with Gasteiger partial charge in [-0.1, -0.05) is 36.4 Å². The largest absolute Gasteiger partial charge is 0.269 e. The van der Waals surface area contributed by atoms with Gasteiger partial charge in [0.1, 0.15) is 0 Å². The number of benzene rings is 1. The summed E-state index contributed by atoms with van der Waals surface area (Å²) in [6.45, 7) is 0. The number of nitrogens with zero attached hydrogens (tertiary/aromatic N) is 3. The lowest BCUT2D eigenvalue weighted by Crippen LogP contribution is -2.10. The Balaban J connectivity index is 1.80. The molecule has 0 unspecified atom stereocenters. The van der Waals surface area contributed by atoms with E-state index >= 15 is 0 Å². The predicted octanol–water partition coefficient (Wildman–Crippen LogP) is 3.73. The highest BCUT2D eigenvalue weighted by molar-refractivity contribution is 5.84. The normalized spacial score (nSPS) is 14.8. The van der Waals surface area contributed by atoms with Crippen LogP contribution in [0.1, 0.15) is 18.5 Å². The van der Waals surface area contributed by atoms with Crippen molar-refractivity contribution >= 4 is 17.1 Å². The molecule has 0 atom stereocenters. The molecular formula is C17H17N3. The molecular weight excluding hydrogens is 246 g/mol. The van der Waals surface area contributed by atoms with Crippen molar-refractivity contribution in [3.05, 3.63) is 66.0 Å². The molecule has 1 aromatic heterocycles. The van der Waals surface area contributed by atoms with Crippen LogP contribution in [0.3, 0.4) is 0 Å². The minimum atomic E-state index is 0.871. The Kier molecular flexibility index (Phi) is 3.59. The molecule has 100 valence electrons. The summed E-state index contributed by atoms with van der Waals surface area (Å²) in [7, 11) is 1.96. The fraction of sp³-hybridized carbons (Fsp3) is 0.176. The number of likely N-dealkylation sites (N-methyl/N-ethyl adjacent to an activating group) is 1. The number of hydrazone groups is 1. The van der Waals surface area contributed by atoms with E-state index < -0.39 is 0 Å². The van der Waals surface area contributed by atoms with E-state index in [9.17, 15) is 0 Å². The van der Waals surface area contributed by atoms with Crippen LogP contribution in [0.5, 0.6) is 0 Å². The number of fused-ring (bicyclic) bond motifs is 1. The molecule has 0 amide bonds. The van der Waals surface area contributed by atoms with E-state index in [1.165, 1.54) is 0 Å². The molecule has 0 bridgehead atoms. The number of para-hydroxylation sites is 1. The van der Waals surface area contributed by atoms with E-state index in [1.54, 1.807) is 6.21 Å². The van der Waals surface area contributed by atoms with Crippen LogP contribution in [-0.4, -0.2) is 23.3 Å². The van der Waals surface area contributed by atoms with Crippen LogP contribution in [0.25, 0.3) is 10.9 Å². The van der Waals surface area contributed by atoms with Crippen molar-refractivity contribution < 1.29 is 0 Å². The topological polar surface area (TPSA) is 28.5 Å². The average molecular weight is 263 g/mol. The van der Waals surface area contributed by atoms with Crippen LogP contribution < -0.4 is 0 Å². The first-order valence-electron chi connectivity index (χ1n) is 6.83. The standard InChI is InChI=1S/C17H17N3/c1-20(16-8-3-2-4-9-16)18-13-15-12-11-14-7-5-6-10-17(14)19-15/h3,5-13H,2,4H2,1H3/b18-13+. The van der Waals surface area contributed by atoms with E-state index in [0.29, 0.717) is 0 Å². The van der Waals surface area contributed by atoms with Gasteiger partial charge in [-0.15, -0.1) is 0 Å². The van der Waals surface area contributed by atoms with E-state index in [4.69, 9.17) is 0 Å². The molecule has 0 N–H and O–H groups in total. The summed E-state index contributed by atoms with van der Waals surface area (Å²) < 4.78 is 0. The molecule has 0 fully saturated rings. The Labute approximate surface area is 118 Å². The Morgan fingerprint density at radius 3 is 2.90 bits per heavy atom. The second kappa shape index (κ2) is 5.70. The highest BCUT2D eigenvalue weighted by Crippen LogP contribution is 2.14. The third kappa shape index (κ3) is 2.77. The monoisotopic (exact) mass is 263 g/mol. The number of hydrogen-bond acceptors (Lipinski definition) is 3. The number of aromatic nitrogens is 1. The van der Waals surface area contributed by atoms with Gasteiger partial charge < -0.3 is 0 Å². The van der Waals surface area contributed by atoms with Gasteiger partial charge in [0.05, 0.1) is 23.1 Å². The molecule has 1 heterocycles. The second-order valence-corrected chi connectivity index (χ2v) is 4.81. The maximum Gasteiger partial charge on any atom is 0.0838 e. The summed E-state index contributed by atoms with van der Waals surface area (Å²) in [5.41, 5.74) is 3.00. The van der Waals surface area contributed by atoms with E-state index in [-0.39, 0.29) is 0 Å². The Morgan fingerprint density at radius 2 is 2.05 bits per heavy atom. The minimum absolute atomic E-state index is 0.871. The van der Waals surface area contributed by atoms with Gasteiger partial charge in [0, 0.05) is 12.4 Å². The zero-order valence-corrected chi connectivity index (χ0v) is 11.5. The lowest BCUT2D eigenvalue weighted by molar-refractivity contribution is 0.459. The molecule has 1 aromatic carbocycles. The highest BCUT2D eigenvalue weighted by Gasteiger charge is 2.01. The van der Waals surface area contributed by atoms with Crippen LogP contribution in [0, 0.1) is 0 Å². The molecule has 0 saturated carbocycles. The van der Waals surface area contributed by atoms with Gasteiger partial charge in [0.15, 0.2) is 0 Å². The summed E-state index contributed by atoms with van der Waals surface area (Å²) in [5.74, 6) is 0. The first kappa shape index (κ1) is 12.6. The van der Waals surface area contributed by atoms with Gasteiger partial charge in [-0.2, -0.15) is 5.10 Å². The lowest BCUT2D eigenvalue weighted by atomic mass is 10.1. The van der Waals surface area contributed by atoms with Crippen molar-refractivity contribution in [1.82, 2.24) is 9.99 Å². The van der Waals surface area contributed by atoms with Crippen molar-refractivity contribution in [2.24, 2.45) is 5.10 Å². The van der Waals surface area contributed by atoms with Gasteiger partial charge in [-0.25, -0.2) is 4.98 Å². The zero-order chi connectivity index (χ0) is 13.8. The molecule has 3 heteroatoms. The molecule has 20 heavy (non-hydrogen) atoms. The first-order chi connectivity index (χ1) is 9.83. The summed E-state index contributed by atoms with van der Waals surface area (Å²) in [4.78, 5) is 4.58.